The van der Waals surface area contributed by atoms with E-state index in [1.54, 1.807) is 0 Å². The lowest BCUT2D eigenvalue weighted by molar-refractivity contribution is 0.0197. The number of Topliss-reactive ketones (excluding diaryl/α,β-unsaturated/α-hetero) is 1. The largest absolute Gasteiger partial charge is 0.508 e. The Morgan fingerprint density at radius 3 is 2.45 bits per heavy atom. The molecule has 0 bridgehead atoms. The number of aromatic hydroxyl groups is 3. The van der Waals surface area contributed by atoms with Crippen LogP contribution in [0.3, 0.4) is 0 Å². The van der Waals surface area contributed by atoms with E-state index in [2.05, 4.69) is 12.7 Å². The van der Waals surface area contributed by atoms with E-state index in [1.165, 1.54) is 25.3 Å². The molecule has 0 amide bonds. The van der Waals surface area contributed by atoms with Gasteiger partial charge in [0.25, 0.3) is 0 Å². The minimum atomic E-state index is -1.62. The fourth-order valence-corrected chi connectivity index (χ4v) is 3.95. The molecule has 7 heteroatoms. The summed E-state index contributed by atoms with van der Waals surface area (Å²) >= 11 is 0. The number of hydrogen-bond acceptors (Lipinski definition) is 7. The van der Waals surface area contributed by atoms with Crippen molar-refractivity contribution in [2.75, 3.05) is 7.11 Å². The van der Waals surface area contributed by atoms with Crippen molar-refractivity contribution >= 4 is 5.78 Å². The summed E-state index contributed by atoms with van der Waals surface area (Å²) in [6.07, 6.45) is 0.254. The van der Waals surface area contributed by atoms with Gasteiger partial charge < -0.3 is 29.9 Å². The van der Waals surface area contributed by atoms with Gasteiger partial charge in [0.2, 0.25) is 5.78 Å². The van der Waals surface area contributed by atoms with Gasteiger partial charge in [0.1, 0.15) is 34.3 Å². The number of fused-ring (bicyclic) bond motifs is 1. The predicted octanol–water partition coefficient (Wildman–Crippen LogP) is 4.58. The number of benzene rings is 2. The van der Waals surface area contributed by atoms with Crippen molar-refractivity contribution in [3.63, 3.8) is 0 Å². The van der Waals surface area contributed by atoms with E-state index in [4.69, 9.17) is 9.47 Å². The van der Waals surface area contributed by atoms with Crippen LogP contribution in [0, 0.1) is 5.92 Å². The number of aliphatic hydroxyl groups excluding tert-OH is 1. The van der Waals surface area contributed by atoms with Gasteiger partial charge in [-0.3, -0.25) is 4.79 Å². The van der Waals surface area contributed by atoms with Gasteiger partial charge in [-0.25, -0.2) is 0 Å². The van der Waals surface area contributed by atoms with E-state index in [9.17, 15) is 25.2 Å². The lowest BCUT2D eigenvalue weighted by atomic mass is 9.85. The van der Waals surface area contributed by atoms with Gasteiger partial charge in [-0.2, -0.15) is 0 Å². The molecular formula is C26H30O7. The van der Waals surface area contributed by atoms with E-state index in [1.807, 2.05) is 20.8 Å². The first-order valence-electron chi connectivity index (χ1n) is 10.7. The highest BCUT2D eigenvalue weighted by Crippen LogP contribution is 2.48. The molecule has 1 aliphatic heterocycles. The van der Waals surface area contributed by atoms with E-state index < -0.39 is 18.0 Å². The smallest absolute Gasteiger partial charge is 0.202 e. The number of aliphatic hydroxyl groups is 1. The number of ketones is 1. The normalized spacial score (nSPS) is 18.2. The Hall–Kier alpha value is -3.45. The number of rotatable bonds is 7. The molecule has 0 unspecified atom stereocenters. The van der Waals surface area contributed by atoms with Crippen LogP contribution in [0.25, 0.3) is 0 Å². The Balaban J connectivity index is 2.14. The van der Waals surface area contributed by atoms with Crippen molar-refractivity contribution in [3.8, 4) is 28.7 Å². The number of methoxy groups -OCH3 is 1. The molecule has 7 nitrogen and oxygen atoms in total. The van der Waals surface area contributed by atoms with Crippen molar-refractivity contribution in [3.05, 3.63) is 64.8 Å². The molecule has 1 aliphatic rings. The van der Waals surface area contributed by atoms with Crippen LogP contribution in [-0.2, 0) is 6.42 Å². The molecule has 3 atom stereocenters. The fraction of sp³-hybridized carbons (Fsp3) is 0.346. The van der Waals surface area contributed by atoms with Crippen molar-refractivity contribution in [2.24, 2.45) is 5.92 Å². The molecular weight excluding hydrogens is 424 g/mol. The van der Waals surface area contributed by atoms with Crippen LogP contribution in [0.1, 0.15) is 54.8 Å². The molecule has 3 rings (SSSR count). The van der Waals surface area contributed by atoms with Gasteiger partial charge in [-0.1, -0.05) is 23.8 Å². The molecule has 0 radical (unpaired) electrons. The lowest BCUT2D eigenvalue weighted by Crippen LogP contribution is -2.37. The minimum Gasteiger partial charge on any atom is -0.508 e. The highest BCUT2D eigenvalue weighted by atomic mass is 16.5. The first-order valence-corrected chi connectivity index (χ1v) is 10.7. The minimum absolute atomic E-state index is 0.0330. The molecule has 0 fully saturated rings. The summed E-state index contributed by atoms with van der Waals surface area (Å²) < 4.78 is 11.4. The average Bonchev–Trinajstić information content (AvgIpc) is 2.74. The summed E-state index contributed by atoms with van der Waals surface area (Å²) in [5.41, 5.74) is 2.62. The molecule has 4 N–H and O–H groups in total. The number of phenolic OH excluding ortho intramolecular Hbond substituents is 3. The quantitative estimate of drug-likeness (QED) is 0.453. The molecule has 0 aliphatic carbocycles. The summed E-state index contributed by atoms with van der Waals surface area (Å²) in [7, 11) is 1.36. The average molecular weight is 455 g/mol. The number of allylic oxidation sites excluding steroid dienone is 3. The summed E-state index contributed by atoms with van der Waals surface area (Å²) in [6.45, 7) is 9.98. The summed E-state index contributed by atoms with van der Waals surface area (Å²) in [5.74, 6) is -1.10. The first kappa shape index (κ1) is 24.2. The van der Waals surface area contributed by atoms with Gasteiger partial charge in [-0.15, -0.1) is 0 Å². The van der Waals surface area contributed by atoms with Crippen LogP contribution in [0.5, 0.6) is 28.7 Å². The third kappa shape index (κ3) is 4.83. The summed E-state index contributed by atoms with van der Waals surface area (Å²) in [4.78, 5) is 13.2. The van der Waals surface area contributed by atoms with Crippen molar-refractivity contribution in [1.29, 1.82) is 0 Å². The summed E-state index contributed by atoms with van der Waals surface area (Å²) in [6, 6.07) is 5.15. The molecule has 33 heavy (non-hydrogen) atoms. The van der Waals surface area contributed by atoms with Crippen LogP contribution in [0.4, 0.5) is 0 Å². The number of ether oxygens (including phenoxy) is 2. The second kappa shape index (κ2) is 9.58. The Morgan fingerprint density at radius 1 is 1.18 bits per heavy atom. The fourth-order valence-electron chi connectivity index (χ4n) is 3.95. The second-order valence-corrected chi connectivity index (χ2v) is 8.64. The highest BCUT2D eigenvalue weighted by molar-refractivity contribution is 6.06. The van der Waals surface area contributed by atoms with Crippen molar-refractivity contribution < 1.29 is 34.7 Å². The Labute approximate surface area is 193 Å². The molecule has 176 valence electrons. The van der Waals surface area contributed by atoms with E-state index in [0.29, 0.717) is 18.4 Å². The van der Waals surface area contributed by atoms with Gasteiger partial charge >= 0.3 is 0 Å². The monoisotopic (exact) mass is 454 g/mol. The van der Waals surface area contributed by atoms with Crippen LogP contribution in [-0.4, -0.2) is 39.4 Å². The zero-order valence-electron chi connectivity index (χ0n) is 19.3. The third-order valence-electron chi connectivity index (χ3n) is 5.87. The molecule has 1 heterocycles. The maximum atomic E-state index is 13.2. The maximum Gasteiger partial charge on any atom is 0.202 e. The highest BCUT2D eigenvalue weighted by Gasteiger charge is 2.42. The van der Waals surface area contributed by atoms with Crippen molar-refractivity contribution in [1.82, 2.24) is 0 Å². The molecule has 2 aromatic carbocycles. The molecule has 0 saturated heterocycles. The number of hydrogen-bond donors (Lipinski definition) is 4. The van der Waals surface area contributed by atoms with Gasteiger partial charge in [0, 0.05) is 23.3 Å². The van der Waals surface area contributed by atoms with E-state index in [-0.39, 0.29) is 45.8 Å². The Kier molecular flexibility index (Phi) is 7.03. The number of phenols is 3. The van der Waals surface area contributed by atoms with Crippen LogP contribution >= 0.6 is 0 Å². The molecule has 0 saturated carbocycles. The van der Waals surface area contributed by atoms with Gasteiger partial charge in [0.15, 0.2) is 12.2 Å². The Morgan fingerprint density at radius 2 is 1.88 bits per heavy atom. The van der Waals surface area contributed by atoms with Crippen LogP contribution in [0.15, 0.2) is 48.1 Å². The van der Waals surface area contributed by atoms with Crippen molar-refractivity contribution in [2.45, 2.75) is 45.8 Å². The predicted molar refractivity (Wildman–Crippen MR) is 124 cm³/mol. The standard InChI is InChI=1S/C26H30O7/c1-13(2)6-7-15(14(3)4)10-18-20(29)12-21(32-5)22-23(30)24(31)26(33-25(18)22)17-9-8-16(27)11-19(17)28/h6,8-9,11-12,15,24,26-29,31H,3,7,10H2,1-2,4-5H3/t15-,24-,26-/m0/s1. The summed E-state index contributed by atoms with van der Waals surface area (Å²) in [5, 5.41) is 41.5. The van der Waals surface area contributed by atoms with Gasteiger partial charge in [-0.05, 0) is 51.7 Å². The molecule has 2 aromatic rings. The topological polar surface area (TPSA) is 116 Å². The Bertz CT molecular complexity index is 1110. The zero-order chi connectivity index (χ0) is 24.4. The van der Waals surface area contributed by atoms with Crippen LogP contribution in [0.2, 0.25) is 0 Å². The van der Waals surface area contributed by atoms with E-state index >= 15 is 0 Å². The van der Waals surface area contributed by atoms with Gasteiger partial charge in [0.05, 0.1) is 7.11 Å². The maximum absolute atomic E-state index is 13.2. The lowest BCUT2D eigenvalue weighted by Gasteiger charge is -2.33. The molecule has 0 aromatic heterocycles. The second-order valence-electron chi connectivity index (χ2n) is 8.64. The van der Waals surface area contributed by atoms with Crippen LogP contribution < -0.4 is 9.47 Å². The molecule has 0 spiro atoms. The number of carbonyl (C=O) groups is 1. The zero-order valence-corrected chi connectivity index (χ0v) is 19.3. The SMILES string of the molecule is C=C(C)[C@@H](CC=C(C)C)Cc1c(O)cc(OC)c2c1O[C@@H](c1ccc(O)cc1O)[C@@H](O)C2=O. The van der Waals surface area contributed by atoms with E-state index in [0.717, 1.165) is 17.2 Å². The number of carbonyl (C=O) groups excluding carboxylic acids is 1. The third-order valence-corrected chi connectivity index (χ3v) is 5.87. The first-order chi connectivity index (χ1) is 15.5.